The zero-order valence-electron chi connectivity index (χ0n) is 12.6. The predicted octanol–water partition coefficient (Wildman–Crippen LogP) is 4.83. The summed E-state index contributed by atoms with van der Waals surface area (Å²) in [4.78, 5) is 24.0. The van der Waals surface area contributed by atoms with Gasteiger partial charge in [0.15, 0.2) is 5.78 Å². The third-order valence-corrected chi connectivity index (χ3v) is 4.68. The van der Waals surface area contributed by atoms with E-state index in [4.69, 9.17) is 27.9 Å². The van der Waals surface area contributed by atoms with E-state index in [1.807, 2.05) is 18.2 Å². The van der Waals surface area contributed by atoms with Crippen molar-refractivity contribution in [2.24, 2.45) is 0 Å². The van der Waals surface area contributed by atoms with E-state index in [9.17, 15) is 9.59 Å². The average Bonchev–Trinajstić information content (AvgIpc) is 3.02. The van der Waals surface area contributed by atoms with Gasteiger partial charge in [0.1, 0.15) is 6.10 Å². The van der Waals surface area contributed by atoms with E-state index in [0.29, 0.717) is 15.6 Å². The molecule has 5 heteroatoms. The number of esters is 1. The summed E-state index contributed by atoms with van der Waals surface area (Å²) in [7, 11) is 0. The number of rotatable bonds is 5. The van der Waals surface area contributed by atoms with Gasteiger partial charge in [-0.3, -0.25) is 4.79 Å². The first-order chi connectivity index (χ1) is 11.5. The van der Waals surface area contributed by atoms with Crippen LogP contribution < -0.4 is 0 Å². The minimum Gasteiger partial charge on any atom is -0.454 e. The lowest BCUT2D eigenvalue weighted by Gasteiger charge is -2.22. The fourth-order valence-corrected chi connectivity index (χ4v) is 3.02. The molecule has 2 atom stereocenters. The normalized spacial score (nSPS) is 17.6. The molecule has 0 saturated carbocycles. The van der Waals surface area contributed by atoms with Crippen molar-refractivity contribution in [1.29, 1.82) is 0 Å². The second kappa shape index (κ2) is 7.20. The van der Waals surface area contributed by atoms with Crippen molar-refractivity contribution in [1.82, 2.24) is 0 Å². The monoisotopic (exact) mass is 360 g/mol. The molecule has 1 heterocycles. The quantitative estimate of drug-likeness (QED) is 0.566. The molecule has 0 aromatic heterocycles. The summed E-state index contributed by atoms with van der Waals surface area (Å²) in [6.45, 7) is 0. The first kappa shape index (κ1) is 16.7. The molecule has 24 heavy (non-hydrogen) atoms. The van der Waals surface area contributed by atoms with Crippen LogP contribution in [0, 0.1) is 0 Å². The first-order valence-corrected chi connectivity index (χ1v) is 8.22. The fourth-order valence-electron chi connectivity index (χ4n) is 2.71. The lowest BCUT2D eigenvalue weighted by atomic mass is 9.87. The Morgan fingerprint density at radius 3 is 2.46 bits per heavy atom. The highest BCUT2D eigenvalue weighted by molar-refractivity contribution is 6.42. The van der Waals surface area contributed by atoms with Gasteiger partial charge in [-0.25, -0.2) is 4.79 Å². The van der Waals surface area contributed by atoms with Crippen LogP contribution in [0.1, 0.15) is 28.3 Å². The lowest BCUT2D eigenvalue weighted by Crippen LogP contribution is -2.22. The molecule has 0 amide bonds. The van der Waals surface area contributed by atoms with Gasteiger partial charge in [-0.15, -0.1) is 0 Å². The largest absolute Gasteiger partial charge is 0.454 e. The lowest BCUT2D eigenvalue weighted by molar-refractivity contribution is -0.139. The maximum atomic E-state index is 12.6. The molecule has 0 fully saturated rings. The third kappa shape index (κ3) is 3.69. The highest BCUT2D eigenvalue weighted by atomic mass is 35.5. The highest BCUT2D eigenvalue weighted by Crippen LogP contribution is 2.34. The summed E-state index contributed by atoms with van der Waals surface area (Å²) >= 11 is 12.1. The molecule has 122 valence electrons. The molecule has 0 N–H and O–H groups in total. The van der Waals surface area contributed by atoms with Crippen LogP contribution in [0.25, 0.3) is 0 Å². The number of Topliss-reactive ketones (excluding diaryl/α,β-unsaturated/α-hetero) is 1. The van der Waals surface area contributed by atoms with Crippen molar-refractivity contribution in [3.8, 4) is 0 Å². The van der Waals surface area contributed by atoms with Gasteiger partial charge >= 0.3 is 5.97 Å². The molecule has 0 saturated heterocycles. The van der Waals surface area contributed by atoms with Crippen molar-refractivity contribution in [2.75, 3.05) is 0 Å². The van der Waals surface area contributed by atoms with Crippen molar-refractivity contribution in [3.63, 3.8) is 0 Å². The molecule has 1 aliphatic heterocycles. The van der Waals surface area contributed by atoms with Gasteiger partial charge in [0, 0.05) is 24.0 Å². The molecule has 3 rings (SSSR count). The molecule has 2 aromatic rings. The molecule has 2 aromatic carbocycles. The molecule has 3 nitrogen and oxygen atoms in total. The van der Waals surface area contributed by atoms with Gasteiger partial charge in [0.2, 0.25) is 0 Å². The average molecular weight is 361 g/mol. The molecule has 0 bridgehead atoms. The summed E-state index contributed by atoms with van der Waals surface area (Å²) in [6, 6.07) is 14.2. The Kier molecular flexibility index (Phi) is 5.03. The van der Waals surface area contributed by atoms with Gasteiger partial charge in [-0.1, -0.05) is 59.6 Å². The Hall–Kier alpha value is -2.10. The first-order valence-electron chi connectivity index (χ1n) is 7.46. The van der Waals surface area contributed by atoms with Crippen LogP contribution in [0.4, 0.5) is 0 Å². The summed E-state index contributed by atoms with van der Waals surface area (Å²) in [5.74, 6) is -0.754. The molecule has 1 aliphatic rings. The number of carbonyl (C=O) groups is 2. The Bertz CT molecular complexity index is 800. The molecule has 0 aliphatic carbocycles. The summed E-state index contributed by atoms with van der Waals surface area (Å²) < 4.78 is 5.31. The van der Waals surface area contributed by atoms with E-state index >= 15 is 0 Å². The van der Waals surface area contributed by atoms with Gasteiger partial charge in [0.25, 0.3) is 0 Å². The number of hydrogen-bond donors (Lipinski definition) is 0. The van der Waals surface area contributed by atoms with E-state index < -0.39 is 12.1 Å². The number of ketones is 1. The smallest absolute Gasteiger partial charge is 0.331 e. The molecule has 0 unspecified atom stereocenters. The van der Waals surface area contributed by atoms with E-state index in [-0.39, 0.29) is 18.1 Å². The third-order valence-electron chi connectivity index (χ3n) is 3.94. The Labute approximate surface area is 149 Å². The predicted molar refractivity (Wildman–Crippen MR) is 93.6 cm³/mol. The maximum Gasteiger partial charge on any atom is 0.331 e. The minimum absolute atomic E-state index is 0.0250. The van der Waals surface area contributed by atoms with Crippen LogP contribution >= 0.6 is 23.2 Å². The Morgan fingerprint density at radius 2 is 1.83 bits per heavy atom. The van der Waals surface area contributed by atoms with E-state index in [0.717, 1.165) is 5.56 Å². The van der Waals surface area contributed by atoms with Gasteiger partial charge in [-0.2, -0.15) is 0 Å². The number of carbonyl (C=O) groups excluding carboxylic acids is 2. The minimum atomic E-state index is -0.498. The highest BCUT2D eigenvalue weighted by Gasteiger charge is 2.30. The van der Waals surface area contributed by atoms with E-state index in [1.54, 1.807) is 36.4 Å². The van der Waals surface area contributed by atoms with Gasteiger partial charge in [-0.05, 0) is 23.8 Å². The maximum absolute atomic E-state index is 12.6. The van der Waals surface area contributed by atoms with Crippen LogP contribution in [0.15, 0.2) is 60.7 Å². The SMILES string of the molecule is O=C1C=C[C@@H]([C@@H](CC(=O)c2ccccc2)c2ccc(Cl)c(Cl)c2)O1. The second-order valence-electron chi connectivity index (χ2n) is 5.53. The van der Waals surface area contributed by atoms with Crippen LogP contribution in [0.3, 0.4) is 0 Å². The summed E-state index contributed by atoms with van der Waals surface area (Å²) in [5, 5.41) is 0.840. The number of ether oxygens (including phenoxy) is 1. The van der Waals surface area contributed by atoms with Crippen LogP contribution in [-0.2, 0) is 9.53 Å². The van der Waals surface area contributed by atoms with E-state index in [2.05, 4.69) is 0 Å². The fraction of sp³-hybridized carbons (Fsp3) is 0.158. The zero-order valence-corrected chi connectivity index (χ0v) is 14.1. The van der Waals surface area contributed by atoms with E-state index in [1.165, 1.54) is 6.08 Å². The summed E-state index contributed by atoms with van der Waals surface area (Å²) in [5.41, 5.74) is 1.42. The number of benzene rings is 2. The molecular weight excluding hydrogens is 347 g/mol. The van der Waals surface area contributed by atoms with Crippen molar-refractivity contribution < 1.29 is 14.3 Å². The number of cyclic esters (lactones) is 1. The standard InChI is InChI=1S/C19H14Cl2O3/c20-15-7-6-13(10-16(15)21)14(18-8-9-19(23)24-18)11-17(22)12-4-2-1-3-5-12/h1-10,14,18H,11H2/t14-,18-/m0/s1. The topological polar surface area (TPSA) is 43.4 Å². The van der Waals surface area contributed by atoms with Crippen molar-refractivity contribution in [3.05, 3.63) is 81.9 Å². The Morgan fingerprint density at radius 1 is 1.08 bits per heavy atom. The zero-order chi connectivity index (χ0) is 17.1. The summed E-state index contributed by atoms with van der Waals surface area (Å²) in [6.07, 6.45) is 2.75. The Balaban J connectivity index is 1.90. The van der Waals surface area contributed by atoms with Crippen molar-refractivity contribution >= 4 is 35.0 Å². The number of halogens is 2. The van der Waals surface area contributed by atoms with Crippen LogP contribution in [0.5, 0.6) is 0 Å². The second-order valence-corrected chi connectivity index (χ2v) is 6.35. The molecule has 0 spiro atoms. The molecular formula is C19H14Cl2O3. The van der Waals surface area contributed by atoms with Crippen LogP contribution in [0.2, 0.25) is 10.0 Å². The molecule has 0 radical (unpaired) electrons. The van der Waals surface area contributed by atoms with Crippen LogP contribution in [-0.4, -0.2) is 17.9 Å². The number of hydrogen-bond acceptors (Lipinski definition) is 3. The van der Waals surface area contributed by atoms with Crippen molar-refractivity contribution in [2.45, 2.75) is 18.4 Å². The van der Waals surface area contributed by atoms with Gasteiger partial charge in [0.05, 0.1) is 10.0 Å². The van der Waals surface area contributed by atoms with Gasteiger partial charge < -0.3 is 4.74 Å².